The van der Waals surface area contributed by atoms with Crippen LogP contribution in [0.15, 0.2) is 59.4 Å². The molecule has 1 fully saturated rings. The Labute approximate surface area is 204 Å². The van der Waals surface area contributed by atoms with Crippen LogP contribution in [0.2, 0.25) is 0 Å². The van der Waals surface area contributed by atoms with E-state index in [9.17, 15) is 4.79 Å². The third-order valence-electron chi connectivity index (χ3n) is 6.89. The van der Waals surface area contributed by atoms with Crippen molar-refractivity contribution in [2.75, 3.05) is 19.7 Å². The van der Waals surface area contributed by atoms with Crippen molar-refractivity contribution < 1.29 is 4.74 Å². The van der Waals surface area contributed by atoms with Gasteiger partial charge in [0, 0.05) is 23.0 Å². The second-order valence-electron chi connectivity index (χ2n) is 9.35. The summed E-state index contributed by atoms with van der Waals surface area (Å²) in [5.74, 6) is 2.17. The Morgan fingerprint density at radius 1 is 1.11 bits per heavy atom. The predicted octanol–water partition coefficient (Wildman–Crippen LogP) is 3.98. The maximum absolute atomic E-state index is 13.4. The fourth-order valence-electron chi connectivity index (χ4n) is 4.89. The molecule has 35 heavy (non-hydrogen) atoms. The molecule has 8 nitrogen and oxygen atoms in total. The smallest absolute Gasteiger partial charge is 0.253 e. The molecule has 2 aromatic heterocycles. The second-order valence-corrected chi connectivity index (χ2v) is 9.35. The first-order chi connectivity index (χ1) is 17.1. The van der Waals surface area contributed by atoms with E-state index in [4.69, 9.17) is 4.74 Å². The summed E-state index contributed by atoms with van der Waals surface area (Å²) in [6.45, 7) is 7.28. The molecule has 182 valence electrons. The van der Waals surface area contributed by atoms with Crippen LogP contribution >= 0.6 is 0 Å². The lowest BCUT2D eigenvalue weighted by Crippen LogP contribution is -2.40. The van der Waals surface area contributed by atoms with Crippen molar-refractivity contribution in [3.63, 3.8) is 0 Å². The molecule has 0 amide bonds. The summed E-state index contributed by atoms with van der Waals surface area (Å²) in [6, 6.07) is 17.7. The number of nitrogens with zero attached hydrogens (tertiary/aromatic N) is 5. The van der Waals surface area contributed by atoms with E-state index in [1.807, 2.05) is 54.1 Å². The van der Waals surface area contributed by atoms with Gasteiger partial charge in [-0.15, -0.1) is 5.10 Å². The van der Waals surface area contributed by atoms with E-state index in [0.717, 1.165) is 49.0 Å². The van der Waals surface area contributed by atoms with E-state index in [0.29, 0.717) is 30.5 Å². The molecule has 0 spiro atoms. The highest BCUT2D eigenvalue weighted by Gasteiger charge is 2.32. The lowest BCUT2D eigenvalue weighted by atomic mass is 9.95. The van der Waals surface area contributed by atoms with Gasteiger partial charge in [0.2, 0.25) is 0 Å². The van der Waals surface area contributed by atoms with Gasteiger partial charge in [-0.05, 0) is 85.4 Å². The van der Waals surface area contributed by atoms with Crippen molar-refractivity contribution in [3.8, 4) is 5.75 Å². The van der Waals surface area contributed by atoms with Crippen LogP contribution in [0.25, 0.3) is 10.9 Å². The number of aromatic nitrogens is 5. The quantitative estimate of drug-likeness (QED) is 0.417. The fraction of sp³-hybridized carbons (Fsp3) is 0.407. The molecule has 3 heterocycles. The molecule has 0 radical (unpaired) electrons. The summed E-state index contributed by atoms with van der Waals surface area (Å²) in [5.41, 5.74) is 2.57. The average Bonchev–Trinajstić information content (AvgIpc) is 3.33. The number of likely N-dealkylation sites (tertiary alicyclic amines) is 1. The molecule has 8 heteroatoms. The number of hydrogen-bond acceptors (Lipinski definition) is 6. The monoisotopic (exact) mass is 472 g/mol. The standard InChI is InChI=1S/C27H32N6O2/c1-3-35-22-9-10-24-21(17-22)18-23(27(34)28-24)25(32-14-11-19(2)12-15-32)26-29-30-31-33(26)16-13-20-7-5-4-6-8-20/h4-10,17-19,25H,3,11-16H2,1-2H3,(H,28,34)/t25-/m0/s1. The topological polar surface area (TPSA) is 88.9 Å². The summed E-state index contributed by atoms with van der Waals surface area (Å²) in [5, 5.41) is 13.7. The van der Waals surface area contributed by atoms with E-state index >= 15 is 0 Å². The Hall–Kier alpha value is -3.52. The number of benzene rings is 2. The number of fused-ring (bicyclic) bond motifs is 1. The Kier molecular flexibility index (Phi) is 6.90. The predicted molar refractivity (Wildman–Crippen MR) is 136 cm³/mol. The van der Waals surface area contributed by atoms with Gasteiger partial charge in [0.15, 0.2) is 5.82 Å². The van der Waals surface area contributed by atoms with E-state index in [-0.39, 0.29) is 11.6 Å². The minimum atomic E-state index is -0.322. The number of tetrazole rings is 1. The van der Waals surface area contributed by atoms with Crippen LogP contribution in [0.5, 0.6) is 5.75 Å². The first-order valence-corrected chi connectivity index (χ1v) is 12.5. The van der Waals surface area contributed by atoms with Gasteiger partial charge in [0.05, 0.1) is 6.61 Å². The van der Waals surface area contributed by atoms with Crippen LogP contribution < -0.4 is 10.3 Å². The van der Waals surface area contributed by atoms with Crippen molar-refractivity contribution in [1.29, 1.82) is 0 Å². The number of aryl methyl sites for hydroxylation is 2. The minimum Gasteiger partial charge on any atom is -0.494 e. The summed E-state index contributed by atoms with van der Waals surface area (Å²) >= 11 is 0. The van der Waals surface area contributed by atoms with Gasteiger partial charge < -0.3 is 9.72 Å². The molecule has 2 aromatic carbocycles. The molecule has 1 saturated heterocycles. The summed E-state index contributed by atoms with van der Waals surface area (Å²) in [7, 11) is 0. The Morgan fingerprint density at radius 2 is 1.91 bits per heavy atom. The number of rotatable bonds is 8. The summed E-state index contributed by atoms with van der Waals surface area (Å²) in [4.78, 5) is 18.8. The van der Waals surface area contributed by atoms with Gasteiger partial charge in [-0.25, -0.2) is 4.68 Å². The largest absolute Gasteiger partial charge is 0.494 e. The number of ether oxygens (including phenoxy) is 1. The zero-order valence-electron chi connectivity index (χ0n) is 20.4. The van der Waals surface area contributed by atoms with Crippen LogP contribution in [0, 0.1) is 5.92 Å². The van der Waals surface area contributed by atoms with Gasteiger partial charge in [0.25, 0.3) is 5.56 Å². The molecule has 1 atom stereocenters. The maximum Gasteiger partial charge on any atom is 0.253 e. The van der Waals surface area contributed by atoms with Crippen LogP contribution in [0.3, 0.4) is 0 Å². The van der Waals surface area contributed by atoms with Gasteiger partial charge in [-0.1, -0.05) is 37.3 Å². The van der Waals surface area contributed by atoms with Gasteiger partial charge >= 0.3 is 0 Å². The zero-order valence-corrected chi connectivity index (χ0v) is 20.4. The van der Waals surface area contributed by atoms with E-state index in [2.05, 4.69) is 44.5 Å². The van der Waals surface area contributed by atoms with Crippen LogP contribution in [0.1, 0.15) is 49.7 Å². The SMILES string of the molecule is CCOc1ccc2[nH]c(=O)c([C@@H](c3nnnn3CCc3ccccc3)N3CCC(C)CC3)cc2c1. The van der Waals surface area contributed by atoms with Gasteiger partial charge in [-0.3, -0.25) is 9.69 Å². The summed E-state index contributed by atoms with van der Waals surface area (Å²) < 4.78 is 7.56. The number of pyridine rings is 1. The molecule has 1 N–H and O–H groups in total. The molecule has 1 aliphatic heterocycles. The number of nitrogens with one attached hydrogen (secondary N) is 1. The third kappa shape index (κ3) is 5.12. The highest BCUT2D eigenvalue weighted by Crippen LogP contribution is 2.31. The lowest BCUT2D eigenvalue weighted by Gasteiger charge is -2.35. The van der Waals surface area contributed by atoms with E-state index < -0.39 is 0 Å². The third-order valence-corrected chi connectivity index (χ3v) is 6.89. The molecule has 1 aliphatic rings. The lowest BCUT2D eigenvalue weighted by molar-refractivity contribution is 0.149. The second kappa shape index (κ2) is 10.4. The van der Waals surface area contributed by atoms with Crippen LogP contribution in [-0.4, -0.2) is 49.8 Å². The fourth-order valence-corrected chi connectivity index (χ4v) is 4.89. The molecular formula is C27H32N6O2. The molecular weight excluding hydrogens is 440 g/mol. The molecule has 0 saturated carbocycles. The van der Waals surface area contributed by atoms with Gasteiger partial charge in [0.1, 0.15) is 11.8 Å². The zero-order chi connectivity index (χ0) is 24.2. The van der Waals surface area contributed by atoms with E-state index in [1.165, 1.54) is 5.56 Å². The van der Waals surface area contributed by atoms with Crippen molar-refractivity contribution >= 4 is 10.9 Å². The highest BCUT2D eigenvalue weighted by atomic mass is 16.5. The Morgan fingerprint density at radius 3 is 2.69 bits per heavy atom. The summed E-state index contributed by atoms with van der Waals surface area (Å²) in [6.07, 6.45) is 2.98. The number of hydrogen-bond donors (Lipinski definition) is 1. The van der Waals surface area contributed by atoms with Crippen molar-refractivity contribution in [2.45, 2.75) is 45.7 Å². The molecule has 0 unspecified atom stereocenters. The first kappa shape index (κ1) is 23.2. The molecule has 4 aromatic rings. The molecule has 5 rings (SSSR count). The maximum atomic E-state index is 13.4. The Bertz CT molecular complexity index is 1320. The van der Waals surface area contributed by atoms with Crippen molar-refractivity contribution in [3.05, 3.63) is 81.9 Å². The molecule has 0 bridgehead atoms. The van der Waals surface area contributed by atoms with Crippen molar-refractivity contribution in [1.82, 2.24) is 30.1 Å². The normalized spacial score (nSPS) is 15.9. The van der Waals surface area contributed by atoms with Crippen LogP contribution in [0.4, 0.5) is 0 Å². The number of aromatic amines is 1. The van der Waals surface area contributed by atoms with Gasteiger partial charge in [-0.2, -0.15) is 0 Å². The van der Waals surface area contributed by atoms with Crippen molar-refractivity contribution in [2.24, 2.45) is 5.92 Å². The first-order valence-electron chi connectivity index (χ1n) is 12.5. The number of piperidine rings is 1. The van der Waals surface area contributed by atoms with Crippen LogP contribution in [-0.2, 0) is 13.0 Å². The average molecular weight is 473 g/mol. The minimum absolute atomic E-state index is 0.108. The highest BCUT2D eigenvalue weighted by molar-refractivity contribution is 5.80. The number of H-pyrrole nitrogens is 1. The Balaban J connectivity index is 1.55. The van der Waals surface area contributed by atoms with E-state index in [1.54, 1.807) is 0 Å². The molecule has 0 aliphatic carbocycles.